The Morgan fingerprint density at radius 3 is 2.59 bits per heavy atom. The van der Waals surface area contributed by atoms with E-state index in [9.17, 15) is 19.8 Å². The largest absolute Gasteiger partial charge is 0.445 e. The summed E-state index contributed by atoms with van der Waals surface area (Å²) in [7, 11) is 0. The molecule has 1 amide bonds. The van der Waals surface area contributed by atoms with Crippen molar-refractivity contribution in [1.82, 2.24) is 10.6 Å². The fourth-order valence-corrected chi connectivity index (χ4v) is 2.38. The van der Waals surface area contributed by atoms with Gasteiger partial charge in [0.15, 0.2) is 0 Å². The highest BCUT2D eigenvalue weighted by Gasteiger charge is 2.38. The number of hydrogen-bond donors (Lipinski definition) is 4. The summed E-state index contributed by atoms with van der Waals surface area (Å²) >= 11 is 0. The van der Waals surface area contributed by atoms with Crippen molar-refractivity contribution >= 4 is 11.9 Å². The van der Waals surface area contributed by atoms with Gasteiger partial charge in [-0.2, -0.15) is 0 Å². The second-order valence-electron chi connectivity index (χ2n) is 5.32. The molecular formula is C15H20N2O5. The molecule has 4 atom stereocenters. The van der Waals surface area contributed by atoms with Crippen molar-refractivity contribution in [2.45, 2.75) is 38.4 Å². The first kappa shape index (κ1) is 16.4. The molecule has 7 heteroatoms. The van der Waals surface area contributed by atoms with E-state index in [1.54, 1.807) is 0 Å². The number of carbonyl (C=O) groups is 2. The van der Waals surface area contributed by atoms with Gasteiger partial charge in [0.1, 0.15) is 24.8 Å². The third kappa shape index (κ3) is 4.27. The number of aliphatic hydroxyl groups is 2. The summed E-state index contributed by atoms with van der Waals surface area (Å²) in [6.45, 7) is 1.47. The Morgan fingerprint density at radius 2 is 1.95 bits per heavy atom. The molecule has 1 aromatic carbocycles. The number of nitrogens with one attached hydrogen (secondary N) is 2. The van der Waals surface area contributed by atoms with Crippen LogP contribution in [0, 0.1) is 5.92 Å². The molecule has 0 aliphatic carbocycles. The summed E-state index contributed by atoms with van der Waals surface area (Å²) in [6.07, 6.45) is -2.81. The Labute approximate surface area is 128 Å². The van der Waals surface area contributed by atoms with Crippen LogP contribution in [0.25, 0.3) is 0 Å². The predicted octanol–water partition coefficient (Wildman–Crippen LogP) is 0.117. The SMILES string of the molecule is CC(=O)C1CC(NC(=O)OCc2ccccc2)C(O)NC1O. The average Bonchev–Trinajstić information content (AvgIpc) is 2.48. The number of ether oxygens (including phenoxy) is 1. The Kier molecular flexibility index (Phi) is 5.48. The van der Waals surface area contributed by atoms with E-state index in [-0.39, 0.29) is 18.8 Å². The minimum atomic E-state index is -1.14. The molecular weight excluding hydrogens is 288 g/mol. The lowest BCUT2D eigenvalue weighted by Gasteiger charge is -2.36. The van der Waals surface area contributed by atoms with Crippen molar-refractivity contribution < 1.29 is 24.5 Å². The summed E-state index contributed by atoms with van der Waals surface area (Å²) in [6, 6.07) is 8.48. The first-order chi connectivity index (χ1) is 10.5. The normalized spacial score (nSPS) is 28.0. The summed E-state index contributed by atoms with van der Waals surface area (Å²) < 4.78 is 5.07. The Hall–Kier alpha value is -1.96. The molecule has 7 nitrogen and oxygen atoms in total. The van der Waals surface area contributed by atoms with Crippen molar-refractivity contribution in [2.24, 2.45) is 5.92 Å². The molecule has 2 rings (SSSR count). The maximum atomic E-state index is 11.8. The number of alkyl carbamates (subject to hydrolysis) is 1. The fraction of sp³-hybridized carbons (Fsp3) is 0.467. The number of hydrogen-bond acceptors (Lipinski definition) is 6. The van der Waals surface area contributed by atoms with Crippen LogP contribution in [-0.2, 0) is 16.1 Å². The van der Waals surface area contributed by atoms with Gasteiger partial charge < -0.3 is 20.3 Å². The molecule has 120 valence electrons. The monoisotopic (exact) mass is 308 g/mol. The van der Waals surface area contributed by atoms with Gasteiger partial charge in [-0.3, -0.25) is 10.1 Å². The number of carbonyl (C=O) groups excluding carboxylic acids is 2. The highest BCUT2D eigenvalue weighted by atomic mass is 16.5. The van der Waals surface area contributed by atoms with Gasteiger partial charge in [0, 0.05) is 0 Å². The minimum absolute atomic E-state index is 0.113. The third-order valence-corrected chi connectivity index (χ3v) is 3.65. The number of piperidine rings is 1. The first-order valence-electron chi connectivity index (χ1n) is 7.07. The lowest BCUT2D eigenvalue weighted by atomic mass is 9.90. The Morgan fingerprint density at radius 1 is 1.27 bits per heavy atom. The van der Waals surface area contributed by atoms with E-state index in [0.717, 1.165) is 5.56 Å². The van der Waals surface area contributed by atoms with Gasteiger partial charge in [0.05, 0.1) is 12.0 Å². The van der Waals surface area contributed by atoms with Crippen LogP contribution in [0.5, 0.6) is 0 Å². The molecule has 1 saturated heterocycles. The Bertz CT molecular complexity index is 522. The summed E-state index contributed by atoms with van der Waals surface area (Å²) in [5, 5.41) is 24.5. The van der Waals surface area contributed by atoms with E-state index >= 15 is 0 Å². The predicted molar refractivity (Wildman–Crippen MR) is 77.5 cm³/mol. The van der Waals surface area contributed by atoms with Crippen LogP contribution >= 0.6 is 0 Å². The second-order valence-corrected chi connectivity index (χ2v) is 5.32. The highest BCUT2D eigenvalue weighted by Crippen LogP contribution is 2.19. The number of rotatable bonds is 4. The van der Waals surface area contributed by atoms with Gasteiger partial charge in [0.2, 0.25) is 0 Å². The maximum Gasteiger partial charge on any atom is 0.407 e. The van der Waals surface area contributed by atoms with E-state index in [1.165, 1.54) is 6.92 Å². The van der Waals surface area contributed by atoms with Gasteiger partial charge >= 0.3 is 6.09 Å². The van der Waals surface area contributed by atoms with Gasteiger partial charge in [0.25, 0.3) is 0 Å². The molecule has 1 fully saturated rings. The van der Waals surface area contributed by atoms with E-state index in [1.807, 2.05) is 30.3 Å². The number of ketones is 1. The number of Topliss-reactive ketones (excluding diaryl/α,β-unsaturated/α-hetero) is 1. The van der Waals surface area contributed by atoms with Crippen LogP contribution in [0.2, 0.25) is 0 Å². The quantitative estimate of drug-likeness (QED) is 0.629. The van der Waals surface area contributed by atoms with Gasteiger partial charge in [-0.25, -0.2) is 4.79 Å². The molecule has 1 aromatic rings. The number of benzene rings is 1. The zero-order valence-electron chi connectivity index (χ0n) is 12.2. The van der Waals surface area contributed by atoms with Crippen LogP contribution < -0.4 is 10.6 Å². The van der Waals surface area contributed by atoms with E-state index < -0.39 is 30.5 Å². The summed E-state index contributed by atoms with van der Waals surface area (Å²) in [5.41, 5.74) is 0.844. The topological polar surface area (TPSA) is 108 Å². The molecule has 22 heavy (non-hydrogen) atoms. The van der Waals surface area contributed by atoms with E-state index in [0.29, 0.717) is 0 Å². The maximum absolute atomic E-state index is 11.8. The molecule has 0 spiro atoms. The second kappa shape index (κ2) is 7.35. The first-order valence-corrected chi connectivity index (χ1v) is 7.07. The molecule has 4 unspecified atom stereocenters. The lowest BCUT2D eigenvalue weighted by molar-refractivity contribution is -0.131. The number of amides is 1. The van der Waals surface area contributed by atoms with Crippen LogP contribution in [0.1, 0.15) is 18.9 Å². The molecule has 1 heterocycles. The van der Waals surface area contributed by atoms with Crippen LogP contribution in [-0.4, -0.2) is 40.6 Å². The molecule has 0 saturated carbocycles. The summed E-state index contributed by atoms with van der Waals surface area (Å²) in [5.74, 6) is -0.890. The summed E-state index contributed by atoms with van der Waals surface area (Å²) in [4.78, 5) is 23.2. The molecule has 0 bridgehead atoms. The van der Waals surface area contributed by atoms with Crippen molar-refractivity contribution in [3.05, 3.63) is 35.9 Å². The molecule has 1 aliphatic rings. The third-order valence-electron chi connectivity index (χ3n) is 3.65. The van der Waals surface area contributed by atoms with Gasteiger partial charge in [-0.15, -0.1) is 0 Å². The van der Waals surface area contributed by atoms with Crippen LogP contribution in [0.15, 0.2) is 30.3 Å². The lowest BCUT2D eigenvalue weighted by Crippen LogP contribution is -2.61. The fourth-order valence-electron chi connectivity index (χ4n) is 2.38. The van der Waals surface area contributed by atoms with E-state index in [2.05, 4.69) is 10.6 Å². The minimum Gasteiger partial charge on any atom is -0.445 e. The van der Waals surface area contributed by atoms with Gasteiger partial charge in [-0.05, 0) is 18.9 Å². The zero-order chi connectivity index (χ0) is 16.1. The smallest absolute Gasteiger partial charge is 0.407 e. The van der Waals surface area contributed by atoms with Gasteiger partial charge in [-0.1, -0.05) is 30.3 Å². The molecule has 0 radical (unpaired) electrons. The van der Waals surface area contributed by atoms with Crippen LogP contribution in [0.3, 0.4) is 0 Å². The zero-order valence-corrected chi connectivity index (χ0v) is 12.2. The van der Waals surface area contributed by atoms with Crippen molar-refractivity contribution in [3.63, 3.8) is 0 Å². The highest BCUT2D eigenvalue weighted by molar-refractivity contribution is 5.79. The van der Waals surface area contributed by atoms with Crippen molar-refractivity contribution in [1.29, 1.82) is 0 Å². The molecule has 1 aliphatic heterocycles. The van der Waals surface area contributed by atoms with E-state index in [4.69, 9.17) is 4.74 Å². The standard InChI is InChI=1S/C15H20N2O5/c1-9(18)11-7-12(14(20)17-13(11)19)16-15(21)22-8-10-5-3-2-4-6-10/h2-6,11-14,17,19-20H,7-8H2,1H3,(H,16,21). The average molecular weight is 308 g/mol. The van der Waals surface area contributed by atoms with Crippen molar-refractivity contribution in [2.75, 3.05) is 0 Å². The van der Waals surface area contributed by atoms with Crippen molar-refractivity contribution in [3.8, 4) is 0 Å². The Balaban J connectivity index is 1.86. The molecule has 4 N–H and O–H groups in total. The molecule has 0 aromatic heterocycles. The number of aliphatic hydroxyl groups excluding tert-OH is 2. The van der Waals surface area contributed by atoms with Crippen LogP contribution in [0.4, 0.5) is 4.79 Å².